The lowest BCUT2D eigenvalue weighted by atomic mass is 10.3. The molecule has 2 N–H and O–H groups in total. The van der Waals surface area contributed by atoms with E-state index in [1.165, 1.54) is 4.90 Å². The summed E-state index contributed by atoms with van der Waals surface area (Å²) in [6.45, 7) is 1.93. The molecule has 1 aromatic carbocycles. The molecular formula is C11H15FN2O4S. The second kappa shape index (κ2) is 5.98. The molecule has 0 bridgehead atoms. The Kier molecular flexibility index (Phi) is 4.84. The molecule has 1 amide bonds. The van der Waals surface area contributed by atoms with E-state index in [0.29, 0.717) is 6.54 Å². The van der Waals surface area contributed by atoms with E-state index in [4.69, 9.17) is 9.88 Å². The zero-order valence-corrected chi connectivity index (χ0v) is 11.4. The molecule has 0 radical (unpaired) electrons. The molecule has 0 aliphatic carbocycles. The van der Waals surface area contributed by atoms with Gasteiger partial charge in [-0.15, -0.1) is 0 Å². The fraction of sp³-hybridized carbons (Fsp3) is 0.364. The molecule has 0 unspecified atom stereocenters. The highest BCUT2D eigenvalue weighted by molar-refractivity contribution is 7.89. The van der Waals surface area contributed by atoms with Crippen LogP contribution in [0.4, 0.5) is 4.39 Å². The predicted molar refractivity (Wildman–Crippen MR) is 66.6 cm³/mol. The molecule has 1 aromatic rings. The van der Waals surface area contributed by atoms with Crippen LogP contribution >= 0.6 is 0 Å². The normalized spacial score (nSPS) is 11.2. The molecule has 1 rings (SSSR count). The van der Waals surface area contributed by atoms with Crippen molar-refractivity contribution in [1.29, 1.82) is 0 Å². The Labute approximate surface area is 111 Å². The van der Waals surface area contributed by atoms with Gasteiger partial charge in [0.05, 0.1) is 0 Å². The van der Waals surface area contributed by atoms with Crippen LogP contribution in [0.5, 0.6) is 5.75 Å². The van der Waals surface area contributed by atoms with Crippen LogP contribution in [0.1, 0.15) is 6.92 Å². The van der Waals surface area contributed by atoms with Crippen LogP contribution in [0.3, 0.4) is 0 Å². The van der Waals surface area contributed by atoms with E-state index in [9.17, 15) is 17.6 Å². The van der Waals surface area contributed by atoms with Crippen LogP contribution in [0, 0.1) is 5.82 Å². The summed E-state index contributed by atoms with van der Waals surface area (Å²) in [5.74, 6) is -1.23. The number of nitrogens with two attached hydrogens (primary N) is 1. The highest BCUT2D eigenvalue weighted by Gasteiger charge is 2.17. The van der Waals surface area contributed by atoms with Crippen LogP contribution in [-0.4, -0.2) is 39.4 Å². The summed E-state index contributed by atoms with van der Waals surface area (Å²) in [5, 5.41) is 4.95. The van der Waals surface area contributed by atoms with Crippen molar-refractivity contribution in [3.63, 3.8) is 0 Å². The summed E-state index contributed by atoms with van der Waals surface area (Å²) in [6, 6.07) is 2.89. The first-order valence-electron chi connectivity index (χ1n) is 5.44. The first-order chi connectivity index (χ1) is 8.75. The number of nitrogens with zero attached hydrogens (tertiary/aromatic N) is 1. The number of hydrogen-bond donors (Lipinski definition) is 1. The van der Waals surface area contributed by atoms with Crippen LogP contribution in [-0.2, 0) is 14.8 Å². The molecule has 6 nitrogen and oxygen atoms in total. The molecule has 106 valence electrons. The SMILES string of the molecule is CCN(C)C(=O)COc1ccc(F)cc1S(N)(=O)=O. The number of amides is 1. The Hall–Kier alpha value is -1.67. The number of primary sulfonamides is 1. The summed E-state index contributed by atoms with van der Waals surface area (Å²) in [4.78, 5) is 12.4. The fourth-order valence-corrected chi connectivity index (χ4v) is 1.93. The predicted octanol–water partition coefficient (Wildman–Crippen LogP) is 0.330. The first kappa shape index (κ1) is 15.4. The number of carbonyl (C=O) groups excluding carboxylic acids is 1. The second-order valence-corrected chi connectivity index (χ2v) is 5.36. The zero-order chi connectivity index (χ0) is 14.6. The summed E-state index contributed by atoms with van der Waals surface area (Å²) >= 11 is 0. The van der Waals surface area contributed by atoms with E-state index in [1.807, 2.05) is 0 Å². The number of rotatable bonds is 5. The van der Waals surface area contributed by atoms with Gasteiger partial charge in [-0.25, -0.2) is 17.9 Å². The van der Waals surface area contributed by atoms with Crippen molar-refractivity contribution >= 4 is 15.9 Å². The van der Waals surface area contributed by atoms with Gasteiger partial charge in [-0.3, -0.25) is 4.79 Å². The minimum Gasteiger partial charge on any atom is -0.482 e. The van der Waals surface area contributed by atoms with E-state index in [1.54, 1.807) is 14.0 Å². The molecule has 0 atom stereocenters. The molecule has 0 spiro atoms. The molecule has 0 heterocycles. The van der Waals surface area contributed by atoms with Gasteiger partial charge < -0.3 is 9.64 Å². The van der Waals surface area contributed by atoms with Crippen molar-refractivity contribution in [2.24, 2.45) is 5.14 Å². The number of ether oxygens (including phenoxy) is 1. The van der Waals surface area contributed by atoms with Crippen LogP contribution in [0.2, 0.25) is 0 Å². The average molecular weight is 290 g/mol. The van der Waals surface area contributed by atoms with Crippen LogP contribution < -0.4 is 9.88 Å². The number of benzene rings is 1. The van der Waals surface area contributed by atoms with Gasteiger partial charge in [0, 0.05) is 13.6 Å². The fourth-order valence-electron chi connectivity index (χ4n) is 1.25. The quantitative estimate of drug-likeness (QED) is 0.846. The third-order valence-electron chi connectivity index (χ3n) is 2.46. The monoisotopic (exact) mass is 290 g/mol. The minimum atomic E-state index is -4.12. The van der Waals surface area contributed by atoms with Gasteiger partial charge in [0.25, 0.3) is 5.91 Å². The molecule has 0 aliphatic heterocycles. The summed E-state index contributed by atoms with van der Waals surface area (Å²) in [7, 11) is -2.54. The van der Waals surface area contributed by atoms with Crippen molar-refractivity contribution in [3.8, 4) is 5.75 Å². The number of likely N-dealkylation sites (N-methyl/N-ethyl adjacent to an activating group) is 1. The maximum Gasteiger partial charge on any atom is 0.260 e. The van der Waals surface area contributed by atoms with Gasteiger partial charge in [-0.05, 0) is 25.1 Å². The van der Waals surface area contributed by atoms with Crippen LogP contribution in [0.15, 0.2) is 23.1 Å². The van der Waals surface area contributed by atoms with Crippen molar-refractivity contribution < 1.29 is 22.3 Å². The van der Waals surface area contributed by atoms with E-state index in [0.717, 1.165) is 18.2 Å². The van der Waals surface area contributed by atoms with E-state index < -0.39 is 20.7 Å². The molecule has 0 aromatic heterocycles. The molecule has 0 aliphatic rings. The number of carbonyl (C=O) groups is 1. The van der Waals surface area contributed by atoms with Gasteiger partial charge in [-0.2, -0.15) is 0 Å². The first-order valence-corrected chi connectivity index (χ1v) is 6.99. The molecular weight excluding hydrogens is 275 g/mol. The maximum absolute atomic E-state index is 13.0. The van der Waals surface area contributed by atoms with Gasteiger partial charge in [0.15, 0.2) is 6.61 Å². The van der Waals surface area contributed by atoms with Gasteiger partial charge in [-0.1, -0.05) is 0 Å². The van der Waals surface area contributed by atoms with Crippen molar-refractivity contribution in [2.75, 3.05) is 20.2 Å². The molecule has 19 heavy (non-hydrogen) atoms. The molecule has 0 saturated heterocycles. The zero-order valence-electron chi connectivity index (χ0n) is 10.6. The Morgan fingerprint density at radius 1 is 1.47 bits per heavy atom. The number of halogens is 1. The maximum atomic E-state index is 13.0. The summed E-state index contributed by atoms with van der Waals surface area (Å²) in [6.07, 6.45) is 0. The van der Waals surface area contributed by atoms with E-state index >= 15 is 0 Å². The summed E-state index contributed by atoms with van der Waals surface area (Å²) in [5.41, 5.74) is 0. The van der Waals surface area contributed by atoms with E-state index in [2.05, 4.69) is 0 Å². The Bertz CT molecular complexity index is 574. The number of sulfonamides is 1. The van der Waals surface area contributed by atoms with E-state index in [-0.39, 0.29) is 18.3 Å². The lowest BCUT2D eigenvalue weighted by Crippen LogP contribution is -2.31. The lowest BCUT2D eigenvalue weighted by molar-refractivity contribution is -0.131. The largest absolute Gasteiger partial charge is 0.482 e. The highest BCUT2D eigenvalue weighted by Crippen LogP contribution is 2.23. The Balaban J connectivity index is 2.94. The molecule has 0 saturated carbocycles. The smallest absolute Gasteiger partial charge is 0.260 e. The Morgan fingerprint density at radius 2 is 2.11 bits per heavy atom. The summed E-state index contributed by atoms with van der Waals surface area (Å²) < 4.78 is 40.6. The van der Waals surface area contributed by atoms with Crippen molar-refractivity contribution in [3.05, 3.63) is 24.0 Å². The number of hydrogen-bond acceptors (Lipinski definition) is 4. The third-order valence-corrected chi connectivity index (χ3v) is 3.40. The standard InChI is InChI=1S/C11H15FN2O4S/c1-3-14(2)11(15)7-18-9-5-4-8(12)6-10(9)19(13,16)17/h4-6H,3,7H2,1-2H3,(H2,13,16,17). The van der Waals surface area contributed by atoms with Gasteiger partial charge >= 0.3 is 0 Å². The van der Waals surface area contributed by atoms with Crippen molar-refractivity contribution in [1.82, 2.24) is 4.90 Å². The van der Waals surface area contributed by atoms with Crippen molar-refractivity contribution in [2.45, 2.75) is 11.8 Å². The third kappa shape index (κ3) is 4.18. The minimum absolute atomic E-state index is 0.151. The molecule has 8 heteroatoms. The average Bonchev–Trinajstić information content (AvgIpc) is 2.34. The highest BCUT2D eigenvalue weighted by atomic mass is 32.2. The van der Waals surface area contributed by atoms with Gasteiger partial charge in [0.1, 0.15) is 16.5 Å². The van der Waals surface area contributed by atoms with Gasteiger partial charge in [0.2, 0.25) is 10.0 Å². The van der Waals surface area contributed by atoms with Crippen LogP contribution in [0.25, 0.3) is 0 Å². The Morgan fingerprint density at radius 3 is 2.63 bits per heavy atom. The lowest BCUT2D eigenvalue weighted by Gasteiger charge is -2.15. The topological polar surface area (TPSA) is 89.7 Å². The molecule has 0 fully saturated rings. The second-order valence-electron chi connectivity index (χ2n) is 3.83.